The lowest BCUT2D eigenvalue weighted by atomic mass is 9.90. The number of carbonyl (C=O) groups excluding carboxylic acids is 1. The number of nitrogens with zero attached hydrogens (tertiary/aromatic N) is 3. The second-order valence-electron chi connectivity index (χ2n) is 11.4. The summed E-state index contributed by atoms with van der Waals surface area (Å²) in [6.45, 7) is 3.21. The molecule has 0 bridgehead atoms. The fourth-order valence-electron chi connectivity index (χ4n) is 6.28. The Balaban J connectivity index is 1.13. The predicted molar refractivity (Wildman–Crippen MR) is 160 cm³/mol. The summed E-state index contributed by atoms with van der Waals surface area (Å²) in [6.07, 6.45) is 5.03. The van der Waals surface area contributed by atoms with Gasteiger partial charge in [-0.25, -0.2) is 4.98 Å². The lowest BCUT2D eigenvalue weighted by molar-refractivity contribution is -0.136. The molecule has 2 aliphatic rings. The van der Waals surface area contributed by atoms with E-state index >= 15 is 0 Å². The van der Waals surface area contributed by atoms with E-state index in [0.29, 0.717) is 49.3 Å². The molecule has 3 heterocycles. The van der Waals surface area contributed by atoms with Crippen LogP contribution in [0.3, 0.4) is 0 Å². The van der Waals surface area contributed by atoms with Crippen LogP contribution in [0.2, 0.25) is 0 Å². The minimum absolute atomic E-state index is 0.109. The number of aromatic nitrogens is 2. The van der Waals surface area contributed by atoms with Crippen molar-refractivity contribution in [2.24, 2.45) is 0 Å². The maximum Gasteiger partial charge on any atom is 0.262 e. The van der Waals surface area contributed by atoms with Crippen LogP contribution in [0.5, 0.6) is 0 Å². The van der Waals surface area contributed by atoms with Gasteiger partial charge in [0.2, 0.25) is 5.91 Å². The highest BCUT2D eigenvalue weighted by molar-refractivity contribution is 7.15. The van der Waals surface area contributed by atoms with Crippen molar-refractivity contribution in [3.63, 3.8) is 0 Å². The van der Waals surface area contributed by atoms with Gasteiger partial charge in [-0.2, -0.15) is 0 Å². The summed E-state index contributed by atoms with van der Waals surface area (Å²) in [4.78, 5) is 33.9. The van der Waals surface area contributed by atoms with Gasteiger partial charge in [0.25, 0.3) is 5.56 Å². The first-order chi connectivity index (χ1) is 19.3. The molecule has 1 amide bonds. The number of hydrogen-bond acceptors (Lipinski definition) is 6. The quantitative estimate of drug-likeness (QED) is 0.339. The van der Waals surface area contributed by atoms with E-state index in [1.807, 2.05) is 35.5 Å². The molecule has 6 rings (SSSR count). The fraction of sp³-hybridized carbons (Fsp3) is 0.406. The Morgan fingerprint density at radius 2 is 1.98 bits per heavy atom. The Kier molecular flexibility index (Phi) is 7.33. The summed E-state index contributed by atoms with van der Waals surface area (Å²) in [5.74, 6) is 0.251. The minimum Gasteiger partial charge on any atom is -0.388 e. The maximum atomic E-state index is 13.4. The molecule has 7 nitrogen and oxygen atoms in total. The Morgan fingerprint density at radius 3 is 2.73 bits per heavy atom. The number of hydrogen-bond donors (Lipinski definition) is 2. The lowest BCUT2D eigenvalue weighted by Crippen LogP contribution is -2.49. The van der Waals surface area contributed by atoms with E-state index in [0.717, 1.165) is 28.8 Å². The molecule has 208 valence electrons. The zero-order valence-electron chi connectivity index (χ0n) is 23.1. The Labute approximate surface area is 238 Å². The standard InChI is InChI=1S/C32H36N4O3S/c1-21(22-6-4-3-5-7-22)16-28(37)35-14-12-32(39,13-15-35)19-36-20-34-29-26(31(36)38)18-40-30(29)24-8-10-25-23(17-24)9-11-27(25)33-2/h3-8,10,17-18,20-21,27,33,39H,9,11-16,19H2,1-2H3/t21-,27?/m1/s1. The summed E-state index contributed by atoms with van der Waals surface area (Å²) >= 11 is 1.54. The van der Waals surface area contributed by atoms with Crippen molar-refractivity contribution in [1.29, 1.82) is 0 Å². The van der Waals surface area contributed by atoms with Crippen LogP contribution >= 0.6 is 11.3 Å². The van der Waals surface area contributed by atoms with E-state index in [4.69, 9.17) is 0 Å². The monoisotopic (exact) mass is 556 g/mol. The highest BCUT2D eigenvalue weighted by atomic mass is 32.1. The molecule has 0 spiro atoms. The van der Waals surface area contributed by atoms with Crippen LogP contribution in [-0.4, -0.2) is 51.2 Å². The normalized spacial score (nSPS) is 19.1. The van der Waals surface area contributed by atoms with Crippen LogP contribution in [0.1, 0.15) is 61.3 Å². The summed E-state index contributed by atoms with van der Waals surface area (Å²) < 4.78 is 1.54. The van der Waals surface area contributed by atoms with Gasteiger partial charge in [0, 0.05) is 30.9 Å². The van der Waals surface area contributed by atoms with Gasteiger partial charge in [-0.1, -0.05) is 49.4 Å². The summed E-state index contributed by atoms with van der Waals surface area (Å²) in [6, 6.07) is 17.0. The Morgan fingerprint density at radius 1 is 1.20 bits per heavy atom. The van der Waals surface area contributed by atoms with Crippen LogP contribution in [0.15, 0.2) is 65.0 Å². The number of thiophene rings is 1. The van der Waals surface area contributed by atoms with Crippen molar-refractivity contribution < 1.29 is 9.90 Å². The largest absolute Gasteiger partial charge is 0.388 e. The molecule has 1 saturated heterocycles. The number of aliphatic hydroxyl groups is 1. The van der Waals surface area contributed by atoms with E-state index in [2.05, 4.69) is 47.6 Å². The lowest BCUT2D eigenvalue weighted by Gasteiger charge is -2.38. The molecule has 0 radical (unpaired) electrons. The number of nitrogens with one attached hydrogen (secondary N) is 1. The van der Waals surface area contributed by atoms with Gasteiger partial charge in [0.05, 0.1) is 34.3 Å². The molecule has 40 heavy (non-hydrogen) atoms. The van der Waals surface area contributed by atoms with E-state index in [1.165, 1.54) is 15.7 Å². The minimum atomic E-state index is -1.05. The number of aryl methyl sites for hydroxylation is 1. The summed E-state index contributed by atoms with van der Waals surface area (Å²) in [5.41, 5.74) is 4.49. The van der Waals surface area contributed by atoms with Gasteiger partial charge in [0.1, 0.15) is 0 Å². The number of likely N-dealkylation sites (tertiary alicyclic amines) is 1. The molecule has 1 fully saturated rings. The Bertz CT molecular complexity index is 1590. The molecule has 0 saturated carbocycles. The van der Waals surface area contributed by atoms with Crippen LogP contribution in [-0.2, 0) is 17.8 Å². The van der Waals surface area contributed by atoms with E-state index in [1.54, 1.807) is 17.7 Å². The molecule has 8 heteroatoms. The van der Waals surface area contributed by atoms with E-state index in [9.17, 15) is 14.7 Å². The number of piperidine rings is 1. The second kappa shape index (κ2) is 10.9. The van der Waals surface area contributed by atoms with E-state index in [-0.39, 0.29) is 23.9 Å². The van der Waals surface area contributed by atoms with Crippen molar-refractivity contribution in [3.8, 4) is 10.4 Å². The average Bonchev–Trinajstić information content (AvgIpc) is 3.59. The maximum absolute atomic E-state index is 13.4. The molecule has 4 aromatic rings. The predicted octanol–water partition coefficient (Wildman–Crippen LogP) is 4.88. The summed E-state index contributed by atoms with van der Waals surface area (Å²) in [7, 11) is 2.00. The van der Waals surface area contributed by atoms with Crippen LogP contribution in [0.25, 0.3) is 21.3 Å². The van der Waals surface area contributed by atoms with Gasteiger partial charge in [-0.15, -0.1) is 11.3 Å². The third-order valence-corrected chi connectivity index (χ3v) is 9.79. The third kappa shape index (κ3) is 5.11. The number of rotatable bonds is 7. The third-order valence-electron chi connectivity index (χ3n) is 8.77. The van der Waals surface area contributed by atoms with Crippen molar-refractivity contribution in [3.05, 3.63) is 87.3 Å². The molecule has 2 atom stereocenters. The van der Waals surface area contributed by atoms with Crippen molar-refractivity contribution in [2.45, 2.75) is 63.1 Å². The fourth-order valence-corrected chi connectivity index (χ4v) is 7.27. The van der Waals surface area contributed by atoms with Crippen LogP contribution < -0.4 is 10.9 Å². The smallest absolute Gasteiger partial charge is 0.262 e. The zero-order valence-corrected chi connectivity index (χ0v) is 23.9. The van der Waals surface area contributed by atoms with Gasteiger partial charge < -0.3 is 15.3 Å². The second-order valence-corrected chi connectivity index (χ2v) is 12.3. The average molecular weight is 557 g/mol. The first-order valence-electron chi connectivity index (χ1n) is 14.2. The Hall–Kier alpha value is -3.33. The number of benzene rings is 2. The highest BCUT2D eigenvalue weighted by Crippen LogP contribution is 2.38. The molecule has 2 N–H and O–H groups in total. The zero-order chi connectivity index (χ0) is 27.9. The van der Waals surface area contributed by atoms with Crippen molar-refractivity contribution in [1.82, 2.24) is 19.8 Å². The van der Waals surface area contributed by atoms with Crippen LogP contribution in [0, 0.1) is 0 Å². The van der Waals surface area contributed by atoms with Gasteiger partial charge in [-0.05, 0) is 67.0 Å². The SMILES string of the molecule is CNC1CCc2cc(-c3scc4c(=O)n(CC5(O)CCN(C(=O)C[C@@H](C)c6ccccc6)CC5)cnc34)ccc21. The molecule has 1 aliphatic heterocycles. The highest BCUT2D eigenvalue weighted by Gasteiger charge is 2.35. The molecule has 2 aromatic carbocycles. The molecular formula is C32H36N4O3S. The molecular weight excluding hydrogens is 520 g/mol. The number of fused-ring (bicyclic) bond motifs is 2. The topological polar surface area (TPSA) is 87.5 Å². The van der Waals surface area contributed by atoms with Gasteiger partial charge >= 0.3 is 0 Å². The van der Waals surface area contributed by atoms with Crippen molar-refractivity contribution >= 4 is 28.1 Å². The summed E-state index contributed by atoms with van der Waals surface area (Å²) in [5, 5.41) is 17.2. The van der Waals surface area contributed by atoms with Crippen molar-refractivity contribution in [2.75, 3.05) is 20.1 Å². The molecule has 1 aliphatic carbocycles. The van der Waals surface area contributed by atoms with Gasteiger partial charge in [-0.3, -0.25) is 14.2 Å². The first-order valence-corrected chi connectivity index (χ1v) is 15.1. The first kappa shape index (κ1) is 26.9. The number of carbonyl (C=O) groups is 1. The van der Waals surface area contributed by atoms with E-state index < -0.39 is 5.60 Å². The molecule has 2 aromatic heterocycles. The van der Waals surface area contributed by atoms with Crippen LogP contribution in [0.4, 0.5) is 0 Å². The number of amides is 1. The van der Waals surface area contributed by atoms with Gasteiger partial charge in [0.15, 0.2) is 0 Å². The molecule has 1 unspecified atom stereocenters.